The second kappa shape index (κ2) is 6.23. The van der Waals surface area contributed by atoms with E-state index in [4.69, 9.17) is 15.2 Å². The minimum Gasteiger partial charge on any atom is -0.493 e. The van der Waals surface area contributed by atoms with Crippen LogP contribution in [0.15, 0.2) is 10.5 Å². The Hall–Kier alpha value is -0.780. The molecule has 0 radical (unpaired) electrons. The van der Waals surface area contributed by atoms with Gasteiger partial charge in [0.25, 0.3) is 0 Å². The zero-order chi connectivity index (χ0) is 13.0. The van der Waals surface area contributed by atoms with Gasteiger partial charge in [0.2, 0.25) is 0 Å². The quantitative estimate of drug-likeness (QED) is 0.873. The standard InChI is InChI=1S/C12H18BrNO3/c1-4-7-8(9(15)6-14)5-10(16-2)12(17-3)11(7)13/h5,9,15H,4,6,14H2,1-3H3. The first-order chi connectivity index (χ1) is 8.10. The van der Waals surface area contributed by atoms with Crippen LogP contribution in [0, 0.1) is 0 Å². The molecule has 0 amide bonds. The fourth-order valence-electron chi connectivity index (χ4n) is 1.79. The van der Waals surface area contributed by atoms with E-state index in [1.807, 2.05) is 6.92 Å². The molecule has 0 aliphatic rings. The first kappa shape index (κ1) is 14.3. The van der Waals surface area contributed by atoms with Crippen molar-refractivity contribution in [1.82, 2.24) is 0 Å². The Morgan fingerprint density at radius 1 is 1.41 bits per heavy atom. The van der Waals surface area contributed by atoms with Gasteiger partial charge in [-0.3, -0.25) is 0 Å². The molecule has 0 aromatic heterocycles. The molecular formula is C12H18BrNO3. The first-order valence-corrected chi connectivity index (χ1v) is 6.21. The third-order valence-electron chi connectivity index (χ3n) is 2.68. The number of aliphatic hydroxyl groups is 1. The number of hydrogen-bond donors (Lipinski definition) is 2. The molecule has 0 aliphatic carbocycles. The van der Waals surface area contributed by atoms with Crippen molar-refractivity contribution < 1.29 is 14.6 Å². The maximum atomic E-state index is 9.91. The van der Waals surface area contributed by atoms with Gasteiger partial charge in [-0.1, -0.05) is 6.92 Å². The molecule has 1 unspecified atom stereocenters. The molecule has 1 rings (SSSR count). The number of ether oxygens (including phenoxy) is 2. The summed E-state index contributed by atoms with van der Waals surface area (Å²) >= 11 is 3.48. The van der Waals surface area contributed by atoms with Gasteiger partial charge < -0.3 is 20.3 Å². The Labute approximate surface area is 110 Å². The van der Waals surface area contributed by atoms with Gasteiger partial charge in [-0.15, -0.1) is 0 Å². The Balaban J connectivity index is 3.45. The molecule has 0 aliphatic heterocycles. The van der Waals surface area contributed by atoms with E-state index in [1.165, 1.54) is 0 Å². The summed E-state index contributed by atoms with van der Waals surface area (Å²) in [5.41, 5.74) is 7.27. The smallest absolute Gasteiger partial charge is 0.175 e. The van der Waals surface area contributed by atoms with Gasteiger partial charge in [0.1, 0.15) is 0 Å². The fraction of sp³-hybridized carbons (Fsp3) is 0.500. The van der Waals surface area contributed by atoms with Crippen LogP contribution in [0.4, 0.5) is 0 Å². The molecule has 96 valence electrons. The number of rotatable bonds is 5. The molecule has 1 aromatic rings. The number of hydrogen-bond acceptors (Lipinski definition) is 4. The molecule has 0 heterocycles. The lowest BCUT2D eigenvalue weighted by molar-refractivity contribution is 0.185. The average molecular weight is 304 g/mol. The van der Waals surface area contributed by atoms with Gasteiger partial charge in [0.05, 0.1) is 24.8 Å². The Kier molecular flexibility index (Phi) is 5.24. The summed E-state index contributed by atoms with van der Waals surface area (Å²) in [5, 5.41) is 9.91. The molecule has 0 saturated carbocycles. The molecule has 0 saturated heterocycles. The predicted molar refractivity (Wildman–Crippen MR) is 70.6 cm³/mol. The number of nitrogens with two attached hydrogens (primary N) is 1. The largest absolute Gasteiger partial charge is 0.493 e. The minimum absolute atomic E-state index is 0.176. The van der Waals surface area contributed by atoms with E-state index in [9.17, 15) is 5.11 Å². The van der Waals surface area contributed by atoms with Crippen molar-refractivity contribution in [3.63, 3.8) is 0 Å². The topological polar surface area (TPSA) is 64.7 Å². The lowest BCUT2D eigenvalue weighted by Gasteiger charge is -2.19. The van der Waals surface area contributed by atoms with E-state index in [2.05, 4.69) is 15.9 Å². The summed E-state index contributed by atoms with van der Waals surface area (Å²) in [4.78, 5) is 0. The maximum Gasteiger partial charge on any atom is 0.175 e. The zero-order valence-corrected chi connectivity index (χ0v) is 11.9. The van der Waals surface area contributed by atoms with Crippen LogP contribution in [0.2, 0.25) is 0 Å². The highest BCUT2D eigenvalue weighted by atomic mass is 79.9. The van der Waals surface area contributed by atoms with Crippen LogP contribution < -0.4 is 15.2 Å². The molecule has 4 nitrogen and oxygen atoms in total. The van der Waals surface area contributed by atoms with Gasteiger partial charge in [-0.25, -0.2) is 0 Å². The van der Waals surface area contributed by atoms with E-state index in [0.29, 0.717) is 11.5 Å². The van der Waals surface area contributed by atoms with Crippen molar-refractivity contribution in [3.05, 3.63) is 21.7 Å². The summed E-state index contributed by atoms with van der Waals surface area (Å²) in [6.07, 6.45) is 0.0777. The van der Waals surface area contributed by atoms with Crippen LogP contribution >= 0.6 is 15.9 Å². The van der Waals surface area contributed by atoms with Crippen molar-refractivity contribution in [2.24, 2.45) is 5.73 Å². The van der Waals surface area contributed by atoms with Gasteiger partial charge in [0, 0.05) is 6.54 Å². The number of halogens is 1. The van der Waals surface area contributed by atoms with Crippen molar-refractivity contribution in [2.75, 3.05) is 20.8 Å². The van der Waals surface area contributed by atoms with Crippen LogP contribution in [-0.2, 0) is 6.42 Å². The van der Waals surface area contributed by atoms with Gasteiger partial charge in [-0.05, 0) is 39.5 Å². The summed E-state index contributed by atoms with van der Waals surface area (Å²) in [5.74, 6) is 1.22. The van der Waals surface area contributed by atoms with Crippen molar-refractivity contribution >= 4 is 15.9 Å². The third-order valence-corrected chi connectivity index (χ3v) is 3.52. The van der Waals surface area contributed by atoms with E-state index >= 15 is 0 Å². The highest BCUT2D eigenvalue weighted by Gasteiger charge is 2.20. The molecule has 17 heavy (non-hydrogen) atoms. The Morgan fingerprint density at radius 2 is 2.06 bits per heavy atom. The second-order valence-electron chi connectivity index (χ2n) is 3.60. The van der Waals surface area contributed by atoms with Crippen LogP contribution in [0.1, 0.15) is 24.2 Å². The highest BCUT2D eigenvalue weighted by molar-refractivity contribution is 9.10. The van der Waals surface area contributed by atoms with E-state index in [0.717, 1.165) is 22.0 Å². The fourth-order valence-corrected chi connectivity index (χ4v) is 2.66. The SMILES string of the molecule is CCc1c(C(O)CN)cc(OC)c(OC)c1Br. The molecule has 0 fully saturated rings. The molecule has 3 N–H and O–H groups in total. The molecular weight excluding hydrogens is 286 g/mol. The molecule has 0 spiro atoms. The van der Waals surface area contributed by atoms with Crippen molar-refractivity contribution in [1.29, 1.82) is 0 Å². The average Bonchev–Trinajstić information content (AvgIpc) is 2.36. The highest BCUT2D eigenvalue weighted by Crippen LogP contribution is 2.41. The van der Waals surface area contributed by atoms with Gasteiger partial charge in [-0.2, -0.15) is 0 Å². The predicted octanol–water partition coefficient (Wildman–Crippen LogP) is 2.02. The van der Waals surface area contributed by atoms with Crippen LogP contribution in [0.3, 0.4) is 0 Å². The van der Waals surface area contributed by atoms with Crippen LogP contribution in [0.25, 0.3) is 0 Å². The molecule has 5 heteroatoms. The van der Waals surface area contributed by atoms with E-state index in [-0.39, 0.29) is 6.54 Å². The van der Waals surface area contributed by atoms with E-state index in [1.54, 1.807) is 20.3 Å². The third kappa shape index (κ3) is 2.73. The zero-order valence-electron chi connectivity index (χ0n) is 10.3. The number of aliphatic hydroxyl groups excluding tert-OH is 1. The lowest BCUT2D eigenvalue weighted by atomic mass is 9.99. The van der Waals surface area contributed by atoms with Gasteiger partial charge in [0.15, 0.2) is 11.5 Å². The summed E-state index contributed by atoms with van der Waals surface area (Å²) < 4.78 is 11.3. The van der Waals surface area contributed by atoms with Crippen molar-refractivity contribution in [3.8, 4) is 11.5 Å². The monoisotopic (exact) mass is 303 g/mol. The van der Waals surface area contributed by atoms with Gasteiger partial charge >= 0.3 is 0 Å². The summed E-state index contributed by atoms with van der Waals surface area (Å²) in [6.45, 7) is 2.19. The minimum atomic E-state index is -0.693. The number of methoxy groups -OCH3 is 2. The summed E-state index contributed by atoms with van der Waals surface area (Å²) in [7, 11) is 3.15. The Morgan fingerprint density at radius 3 is 2.47 bits per heavy atom. The maximum absolute atomic E-state index is 9.91. The first-order valence-electron chi connectivity index (χ1n) is 5.42. The molecule has 0 bridgehead atoms. The normalized spacial score (nSPS) is 12.4. The van der Waals surface area contributed by atoms with Crippen LogP contribution in [-0.4, -0.2) is 25.9 Å². The van der Waals surface area contributed by atoms with Crippen molar-refractivity contribution in [2.45, 2.75) is 19.4 Å². The molecule has 1 atom stereocenters. The molecule has 1 aromatic carbocycles. The van der Waals surface area contributed by atoms with Crippen LogP contribution in [0.5, 0.6) is 11.5 Å². The van der Waals surface area contributed by atoms with E-state index < -0.39 is 6.10 Å². The second-order valence-corrected chi connectivity index (χ2v) is 4.39. The number of benzene rings is 1. The lowest BCUT2D eigenvalue weighted by Crippen LogP contribution is -2.14. The summed E-state index contributed by atoms with van der Waals surface area (Å²) in [6, 6.07) is 1.78. The Bertz CT molecular complexity index is 396.